The third kappa shape index (κ3) is 6.72. The molecule has 0 amide bonds. The molecule has 29 heavy (non-hydrogen) atoms. The first-order valence-electron chi connectivity index (χ1n) is 8.76. The summed E-state index contributed by atoms with van der Waals surface area (Å²) in [5, 5.41) is 53.4. The molecule has 6 N–H and O–H groups in total. The second kappa shape index (κ2) is 10.2. The van der Waals surface area contributed by atoms with Gasteiger partial charge in [-0.15, -0.1) is 0 Å². The maximum atomic E-state index is 11.0. The van der Waals surface area contributed by atoms with Gasteiger partial charge < -0.3 is 30.3 Å². The molecule has 0 aliphatic rings. The summed E-state index contributed by atoms with van der Waals surface area (Å²) in [5.74, 6) is -2.53. The fraction of sp³-hybridized carbons (Fsp3) is 0.263. The SMILES string of the molecule is CC(C(=O)O)c1cccc(B(O)O)c1.CC(C)(C(=O)O)c1cccc(B(O)O)c1. The molecule has 154 valence electrons. The van der Waals surface area contributed by atoms with Crippen LogP contribution in [0.1, 0.15) is 37.8 Å². The molecule has 2 rings (SSSR count). The van der Waals surface area contributed by atoms with Crippen LogP contribution in [0.3, 0.4) is 0 Å². The average Bonchev–Trinajstić information content (AvgIpc) is 2.67. The van der Waals surface area contributed by atoms with Crippen molar-refractivity contribution < 1.29 is 39.9 Å². The molecule has 0 heterocycles. The van der Waals surface area contributed by atoms with Gasteiger partial charge in [-0.2, -0.15) is 0 Å². The van der Waals surface area contributed by atoms with E-state index in [0.717, 1.165) is 0 Å². The lowest BCUT2D eigenvalue weighted by Gasteiger charge is -2.20. The number of hydrogen-bond donors (Lipinski definition) is 6. The Kier molecular flexibility index (Phi) is 8.59. The standard InChI is InChI=1S/C10H13BO4.C9H11BO4/c1-10(2,9(12)13)7-4-3-5-8(6-7)11(14)15;1-6(9(11)12)7-3-2-4-8(5-7)10(13)14/h3-6,14-15H,1-2H3,(H,12,13);2-6,13-14H,1H3,(H,11,12). The highest BCUT2D eigenvalue weighted by Crippen LogP contribution is 2.22. The molecule has 0 saturated heterocycles. The molecule has 0 saturated carbocycles. The van der Waals surface area contributed by atoms with E-state index < -0.39 is 37.5 Å². The molecule has 8 nitrogen and oxygen atoms in total. The summed E-state index contributed by atoms with van der Waals surface area (Å²) in [5.41, 5.74) is 0.659. The van der Waals surface area contributed by atoms with Crippen molar-refractivity contribution >= 4 is 37.1 Å². The first-order chi connectivity index (χ1) is 13.4. The van der Waals surface area contributed by atoms with Crippen LogP contribution in [0.25, 0.3) is 0 Å². The van der Waals surface area contributed by atoms with Crippen LogP contribution in [0, 0.1) is 0 Å². The number of rotatable bonds is 6. The third-order valence-electron chi connectivity index (χ3n) is 4.52. The minimum Gasteiger partial charge on any atom is -0.481 e. The first kappa shape index (κ1) is 24.4. The molecule has 1 atom stereocenters. The van der Waals surface area contributed by atoms with Crippen LogP contribution in [-0.2, 0) is 15.0 Å². The minimum absolute atomic E-state index is 0.293. The monoisotopic (exact) mass is 402 g/mol. The van der Waals surface area contributed by atoms with Crippen molar-refractivity contribution in [3.8, 4) is 0 Å². The quantitative estimate of drug-likeness (QED) is 0.346. The third-order valence-corrected chi connectivity index (χ3v) is 4.52. The van der Waals surface area contributed by atoms with E-state index in [9.17, 15) is 9.59 Å². The second-order valence-electron chi connectivity index (χ2n) is 7.03. The van der Waals surface area contributed by atoms with Crippen molar-refractivity contribution in [3.05, 3.63) is 59.7 Å². The van der Waals surface area contributed by atoms with Gasteiger partial charge in [0, 0.05) is 0 Å². The zero-order valence-corrected chi connectivity index (χ0v) is 16.4. The first-order valence-corrected chi connectivity index (χ1v) is 8.76. The van der Waals surface area contributed by atoms with Crippen LogP contribution in [0.15, 0.2) is 48.5 Å². The van der Waals surface area contributed by atoms with Crippen molar-refractivity contribution in [1.82, 2.24) is 0 Å². The molecule has 10 heteroatoms. The Hall–Kier alpha value is -2.65. The van der Waals surface area contributed by atoms with E-state index >= 15 is 0 Å². The summed E-state index contributed by atoms with van der Waals surface area (Å²) in [6.45, 7) is 4.68. The highest BCUT2D eigenvalue weighted by molar-refractivity contribution is 6.59. The van der Waals surface area contributed by atoms with Gasteiger partial charge in [-0.25, -0.2) is 0 Å². The van der Waals surface area contributed by atoms with Crippen molar-refractivity contribution in [3.63, 3.8) is 0 Å². The van der Waals surface area contributed by atoms with Gasteiger partial charge in [0.25, 0.3) is 0 Å². The van der Waals surface area contributed by atoms with E-state index in [1.807, 2.05) is 0 Å². The van der Waals surface area contributed by atoms with E-state index in [0.29, 0.717) is 22.1 Å². The Bertz CT molecular complexity index is 852. The normalized spacial score (nSPS) is 11.7. The number of benzene rings is 2. The van der Waals surface area contributed by atoms with Gasteiger partial charge in [0.2, 0.25) is 0 Å². The molecule has 0 radical (unpaired) electrons. The number of carboxylic acids is 2. The Labute approximate surface area is 169 Å². The molecule has 2 aromatic rings. The Morgan fingerprint density at radius 3 is 1.79 bits per heavy atom. The molecular formula is C19H24B2O8. The molecule has 2 aromatic carbocycles. The van der Waals surface area contributed by atoms with Crippen molar-refractivity contribution in [2.45, 2.75) is 32.1 Å². The molecular weight excluding hydrogens is 378 g/mol. The van der Waals surface area contributed by atoms with Crippen molar-refractivity contribution in [1.29, 1.82) is 0 Å². The zero-order chi connectivity index (χ0) is 22.4. The zero-order valence-electron chi connectivity index (χ0n) is 16.4. The van der Waals surface area contributed by atoms with Gasteiger partial charge in [0.1, 0.15) is 0 Å². The van der Waals surface area contributed by atoms with Gasteiger partial charge in [-0.3, -0.25) is 9.59 Å². The van der Waals surface area contributed by atoms with Crippen LogP contribution in [0.5, 0.6) is 0 Å². The lowest BCUT2D eigenvalue weighted by molar-refractivity contribution is -0.142. The number of hydrogen-bond acceptors (Lipinski definition) is 6. The molecule has 0 spiro atoms. The smallest absolute Gasteiger partial charge is 0.481 e. The topological polar surface area (TPSA) is 156 Å². The highest BCUT2D eigenvalue weighted by Gasteiger charge is 2.30. The summed E-state index contributed by atoms with van der Waals surface area (Å²) in [4.78, 5) is 21.6. The summed E-state index contributed by atoms with van der Waals surface area (Å²) >= 11 is 0. The molecule has 1 unspecified atom stereocenters. The molecule has 0 aliphatic heterocycles. The maximum Gasteiger partial charge on any atom is 0.488 e. The van der Waals surface area contributed by atoms with E-state index in [1.165, 1.54) is 24.3 Å². The number of carbonyl (C=O) groups is 2. The summed E-state index contributed by atoms with van der Waals surface area (Å²) in [6.07, 6.45) is 0. The van der Waals surface area contributed by atoms with Gasteiger partial charge in [-0.05, 0) is 42.8 Å². The van der Waals surface area contributed by atoms with E-state index in [-0.39, 0.29) is 0 Å². The van der Waals surface area contributed by atoms with E-state index in [4.69, 9.17) is 30.3 Å². The maximum absolute atomic E-state index is 11.0. The van der Waals surface area contributed by atoms with E-state index in [1.54, 1.807) is 45.0 Å². The van der Waals surface area contributed by atoms with Crippen LogP contribution in [0.4, 0.5) is 0 Å². The molecule has 0 aromatic heterocycles. The largest absolute Gasteiger partial charge is 0.488 e. The number of aliphatic carboxylic acids is 2. The molecule has 0 bridgehead atoms. The summed E-state index contributed by atoms with van der Waals surface area (Å²) < 4.78 is 0. The van der Waals surface area contributed by atoms with Crippen molar-refractivity contribution in [2.75, 3.05) is 0 Å². The minimum atomic E-state index is -1.57. The van der Waals surface area contributed by atoms with Gasteiger partial charge >= 0.3 is 26.2 Å². The Morgan fingerprint density at radius 2 is 1.34 bits per heavy atom. The van der Waals surface area contributed by atoms with Crippen molar-refractivity contribution in [2.24, 2.45) is 0 Å². The fourth-order valence-electron chi connectivity index (χ4n) is 2.34. The van der Waals surface area contributed by atoms with Crippen LogP contribution < -0.4 is 10.9 Å². The lowest BCUT2D eigenvalue weighted by atomic mass is 9.76. The van der Waals surface area contributed by atoms with Crippen LogP contribution in [-0.4, -0.2) is 56.5 Å². The second-order valence-corrected chi connectivity index (χ2v) is 7.03. The van der Waals surface area contributed by atoms with Crippen LogP contribution in [0.2, 0.25) is 0 Å². The predicted octanol–water partition coefficient (Wildman–Crippen LogP) is -0.717. The van der Waals surface area contributed by atoms with Gasteiger partial charge in [0.15, 0.2) is 0 Å². The summed E-state index contributed by atoms with van der Waals surface area (Å²) in [6, 6.07) is 12.5. The molecule has 0 aliphatic carbocycles. The van der Waals surface area contributed by atoms with Gasteiger partial charge in [0.05, 0.1) is 11.3 Å². The van der Waals surface area contributed by atoms with Crippen LogP contribution >= 0.6 is 0 Å². The van der Waals surface area contributed by atoms with E-state index in [2.05, 4.69) is 0 Å². The average molecular weight is 402 g/mol. The number of carboxylic acid groups (broad SMARTS) is 2. The summed E-state index contributed by atoms with van der Waals surface area (Å²) in [7, 11) is -3.13. The fourth-order valence-corrected chi connectivity index (χ4v) is 2.34. The molecule has 0 fully saturated rings. The highest BCUT2D eigenvalue weighted by atomic mass is 16.4. The Balaban J connectivity index is 0.000000291. The predicted molar refractivity (Wildman–Crippen MR) is 109 cm³/mol. The lowest BCUT2D eigenvalue weighted by Crippen LogP contribution is -2.34. The van der Waals surface area contributed by atoms with Gasteiger partial charge in [-0.1, -0.05) is 48.5 Å². The Morgan fingerprint density at radius 1 is 0.862 bits per heavy atom.